The third kappa shape index (κ3) is 3.59. The van der Waals surface area contributed by atoms with Crippen LogP contribution in [0, 0.1) is 10.1 Å². The quantitative estimate of drug-likeness (QED) is 0.503. The van der Waals surface area contributed by atoms with Gasteiger partial charge < -0.3 is 10.5 Å². The number of hydrogen-bond acceptors (Lipinski definition) is 4. The van der Waals surface area contributed by atoms with E-state index in [1.807, 2.05) is 0 Å². The Morgan fingerprint density at radius 1 is 1.39 bits per heavy atom. The Morgan fingerprint density at radius 3 is 2.56 bits per heavy atom. The van der Waals surface area contributed by atoms with Crippen LogP contribution in [0.2, 0.25) is 0 Å². The first kappa shape index (κ1) is 14.2. The number of benzene rings is 1. The van der Waals surface area contributed by atoms with Crippen LogP contribution in [0.25, 0.3) is 0 Å². The summed E-state index contributed by atoms with van der Waals surface area (Å²) in [5.74, 6) is -0.0682. The fraction of sp³-hybridized carbons (Fsp3) is 0.400. The molecule has 0 fully saturated rings. The number of nitrogens with zero attached hydrogens (tertiary/aromatic N) is 1. The summed E-state index contributed by atoms with van der Waals surface area (Å²) in [6.45, 7) is 0.505. The van der Waals surface area contributed by atoms with Gasteiger partial charge in [-0.15, -0.1) is 0 Å². The van der Waals surface area contributed by atoms with E-state index in [0.717, 1.165) is 12.1 Å². The van der Waals surface area contributed by atoms with E-state index in [1.54, 1.807) is 0 Å². The molecule has 0 saturated heterocycles. The van der Waals surface area contributed by atoms with Crippen molar-refractivity contribution in [2.45, 2.75) is 12.6 Å². The largest absolute Gasteiger partial charge is 0.494 e. The van der Waals surface area contributed by atoms with Gasteiger partial charge >= 0.3 is 6.18 Å². The summed E-state index contributed by atoms with van der Waals surface area (Å²) >= 11 is 0. The number of nitro groups is 1. The van der Waals surface area contributed by atoms with Crippen LogP contribution in [0.15, 0.2) is 18.2 Å². The highest BCUT2D eigenvalue weighted by atomic mass is 19.4. The summed E-state index contributed by atoms with van der Waals surface area (Å²) in [7, 11) is 0. The van der Waals surface area contributed by atoms with Gasteiger partial charge in [0.1, 0.15) is 11.3 Å². The predicted octanol–water partition coefficient (Wildman–Crippen LogP) is 2.34. The molecule has 0 heterocycles. The number of hydrogen-bond donors (Lipinski definition) is 1. The SMILES string of the molecule is NCCCOc1ccc([N+](=O)[O-])c(C(F)(F)F)c1. The molecule has 8 heteroatoms. The van der Waals surface area contributed by atoms with Crippen LogP contribution in [0.4, 0.5) is 18.9 Å². The number of halogens is 3. The summed E-state index contributed by atoms with van der Waals surface area (Å²) in [5, 5.41) is 10.5. The molecule has 5 nitrogen and oxygen atoms in total. The smallest absolute Gasteiger partial charge is 0.423 e. The summed E-state index contributed by atoms with van der Waals surface area (Å²) < 4.78 is 42.8. The summed E-state index contributed by atoms with van der Waals surface area (Å²) in [6, 6.07) is 2.53. The van der Waals surface area contributed by atoms with Crippen molar-refractivity contribution in [3.05, 3.63) is 33.9 Å². The van der Waals surface area contributed by atoms with Crippen molar-refractivity contribution in [2.75, 3.05) is 13.2 Å². The lowest BCUT2D eigenvalue weighted by Crippen LogP contribution is -2.10. The number of nitro benzene ring substituents is 1. The number of ether oxygens (including phenoxy) is 1. The van der Waals surface area contributed by atoms with Crippen LogP contribution < -0.4 is 10.5 Å². The fourth-order valence-electron chi connectivity index (χ4n) is 1.26. The molecule has 0 atom stereocenters. The Morgan fingerprint density at radius 2 is 2.06 bits per heavy atom. The molecule has 100 valence electrons. The van der Waals surface area contributed by atoms with Crippen molar-refractivity contribution >= 4 is 5.69 Å². The molecule has 0 aliphatic rings. The van der Waals surface area contributed by atoms with E-state index < -0.39 is 22.4 Å². The standard InChI is InChI=1S/C10H11F3N2O3/c11-10(12,13)8-6-7(18-5-1-4-14)2-3-9(8)15(16)17/h2-3,6H,1,4-5,14H2. The summed E-state index contributed by atoms with van der Waals surface area (Å²) in [5.41, 5.74) is 2.89. The lowest BCUT2D eigenvalue weighted by molar-refractivity contribution is -0.388. The molecular formula is C10H11F3N2O3. The first-order valence-corrected chi connectivity index (χ1v) is 5.04. The average Bonchev–Trinajstić information content (AvgIpc) is 2.28. The van der Waals surface area contributed by atoms with Gasteiger partial charge in [0.15, 0.2) is 0 Å². The van der Waals surface area contributed by atoms with E-state index in [0.29, 0.717) is 19.0 Å². The molecule has 1 rings (SSSR count). The van der Waals surface area contributed by atoms with Crippen LogP contribution >= 0.6 is 0 Å². The zero-order valence-corrected chi connectivity index (χ0v) is 9.24. The zero-order chi connectivity index (χ0) is 13.8. The maximum Gasteiger partial charge on any atom is 0.423 e. The predicted molar refractivity (Wildman–Crippen MR) is 57.3 cm³/mol. The first-order valence-electron chi connectivity index (χ1n) is 5.04. The zero-order valence-electron chi connectivity index (χ0n) is 9.24. The molecule has 0 saturated carbocycles. The summed E-state index contributed by atoms with van der Waals surface area (Å²) in [4.78, 5) is 9.41. The molecule has 18 heavy (non-hydrogen) atoms. The maximum atomic E-state index is 12.6. The number of rotatable bonds is 5. The first-order chi connectivity index (χ1) is 8.36. The van der Waals surface area contributed by atoms with Crippen molar-refractivity contribution in [1.82, 2.24) is 0 Å². The molecule has 2 N–H and O–H groups in total. The lowest BCUT2D eigenvalue weighted by Gasteiger charge is -2.10. The molecule has 0 aliphatic carbocycles. The van der Waals surface area contributed by atoms with Gasteiger partial charge in [0.2, 0.25) is 0 Å². The third-order valence-electron chi connectivity index (χ3n) is 2.09. The van der Waals surface area contributed by atoms with Crippen molar-refractivity contribution in [1.29, 1.82) is 0 Å². The Bertz CT molecular complexity index is 435. The minimum Gasteiger partial charge on any atom is -0.494 e. The highest BCUT2D eigenvalue weighted by Crippen LogP contribution is 2.38. The van der Waals surface area contributed by atoms with Gasteiger partial charge in [-0.25, -0.2) is 0 Å². The summed E-state index contributed by atoms with van der Waals surface area (Å²) in [6.07, 6.45) is -4.31. The van der Waals surface area contributed by atoms with Gasteiger partial charge in [0.25, 0.3) is 5.69 Å². The van der Waals surface area contributed by atoms with Gasteiger partial charge in [-0.2, -0.15) is 13.2 Å². The van der Waals surface area contributed by atoms with Gasteiger partial charge in [-0.1, -0.05) is 0 Å². The van der Waals surface area contributed by atoms with Gasteiger partial charge in [0.05, 0.1) is 11.5 Å². The Balaban J connectivity index is 3.02. The van der Waals surface area contributed by atoms with Gasteiger partial charge in [0, 0.05) is 6.07 Å². The van der Waals surface area contributed by atoms with Crippen molar-refractivity contribution < 1.29 is 22.8 Å². The second kappa shape index (κ2) is 5.67. The van der Waals surface area contributed by atoms with Crippen molar-refractivity contribution in [2.24, 2.45) is 5.73 Å². The van der Waals surface area contributed by atoms with Crippen LogP contribution in [-0.2, 0) is 6.18 Å². The molecule has 0 radical (unpaired) electrons. The van der Waals surface area contributed by atoms with E-state index in [2.05, 4.69) is 0 Å². The van der Waals surface area contributed by atoms with Crippen molar-refractivity contribution in [3.63, 3.8) is 0 Å². The lowest BCUT2D eigenvalue weighted by atomic mass is 10.1. The molecule has 0 aliphatic heterocycles. The molecule has 0 bridgehead atoms. The van der Waals surface area contributed by atoms with Crippen LogP contribution in [0.3, 0.4) is 0 Å². The van der Waals surface area contributed by atoms with E-state index in [1.165, 1.54) is 0 Å². The minimum absolute atomic E-state index is 0.0682. The molecule has 0 aromatic heterocycles. The highest BCUT2D eigenvalue weighted by Gasteiger charge is 2.38. The van der Waals surface area contributed by atoms with Gasteiger partial charge in [-0.3, -0.25) is 10.1 Å². The monoisotopic (exact) mass is 264 g/mol. The van der Waals surface area contributed by atoms with Gasteiger partial charge in [-0.05, 0) is 25.1 Å². The fourth-order valence-corrected chi connectivity index (χ4v) is 1.26. The van der Waals surface area contributed by atoms with E-state index >= 15 is 0 Å². The molecule has 0 unspecified atom stereocenters. The molecular weight excluding hydrogens is 253 g/mol. The highest BCUT2D eigenvalue weighted by molar-refractivity contribution is 5.46. The average molecular weight is 264 g/mol. The normalized spacial score (nSPS) is 11.3. The third-order valence-corrected chi connectivity index (χ3v) is 2.09. The Labute approximate surface area is 100 Å². The molecule has 1 aromatic carbocycles. The molecule has 0 spiro atoms. The number of nitrogens with two attached hydrogens (primary N) is 1. The maximum absolute atomic E-state index is 12.6. The second-order valence-corrected chi connectivity index (χ2v) is 3.42. The number of alkyl halides is 3. The van der Waals surface area contributed by atoms with Crippen molar-refractivity contribution in [3.8, 4) is 5.75 Å². The van der Waals surface area contributed by atoms with Crippen LogP contribution in [0.5, 0.6) is 5.75 Å². The van der Waals surface area contributed by atoms with E-state index in [9.17, 15) is 23.3 Å². The molecule has 1 aromatic rings. The van der Waals surface area contributed by atoms with E-state index in [4.69, 9.17) is 10.5 Å². The Hall–Kier alpha value is -1.83. The minimum atomic E-state index is -4.80. The Kier molecular flexibility index (Phi) is 4.49. The van der Waals surface area contributed by atoms with E-state index in [-0.39, 0.29) is 12.4 Å². The topological polar surface area (TPSA) is 78.4 Å². The van der Waals surface area contributed by atoms with Crippen LogP contribution in [-0.4, -0.2) is 18.1 Å². The van der Waals surface area contributed by atoms with Crippen LogP contribution in [0.1, 0.15) is 12.0 Å². The molecule has 0 amide bonds. The second-order valence-electron chi connectivity index (χ2n) is 3.42.